The van der Waals surface area contributed by atoms with Crippen LogP contribution in [-0.2, 0) is 0 Å². The van der Waals surface area contributed by atoms with E-state index in [-0.39, 0.29) is 23.0 Å². The molecule has 94 valence electrons. The maximum Gasteiger partial charge on any atom is 0.335 e. The number of carboxylic acids is 1. The zero-order chi connectivity index (χ0) is 13.7. The van der Waals surface area contributed by atoms with Crippen molar-refractivity contribution in [3.05, 3.63) is 33.9 Å². The zero-order valence-corrected chi connectivity index (χ0v) is 9.71. The van der Waals surface area contributed by atoms with E-state index in [0.717, 1.165) is 6.07 Å². The van der Waals surface area contributed by atoms with Crippen molar-refractivity contribution < 1.29 is 14.8 Å². The summed E-state index contributed by atoms with van der Waals surface area (Å²) >= 11 is 0. The van der Waals surface area contributed by atoms with Gasteiger partial charge in [-0.2, -0.15) is 0 Å². The standard InChI is InChI=1S/C12H12N2O4/c1-3-4-8(2)13-10-6-5-9(12(15)16)7-11(10)14(17)18/h1,5-8,13H,4H2,2H3,(H,15,16). The highest BCUT2D eigenvalue weighted by atomic mass is 16.6. The molecule has 0 fully saturated rings. The largest absolute Gasteiger partial charge is 0.478 e. The number of terminal acetylenes is 1. The molecule has 0 aromatic heterocycles. The second kappa shape index (κ2) is 5.68. The summed E-state index contributed by atoms with van der Waals surface area (Å²) in [6, 6.07) is 3.56. The first-order valence-electron chi connectivity index (χ1n) is 5.17. The maximum atomic E-state index is 10.9. The molecule has 0 spiro atoms. The minimum atomic E-state index is -1.21. The monoisotopic (exact) mass is 248 g/mol. The summed E-state index contributed by atoms with van der Waals surface area (Å²) in [5.74, 6) is 1.23. The Hall–Kier alpha value is -2.55. The Kier molecular flexibility index (Phi) is 4.27. The van der Waals surface area contributed by atoms with E-state index in [4.69, 9.17) is 11.5 Å². The lowest BCUT2D eigenvalue weighted by Crippen LogP contribution is -2.15. The van der Waals surface area contributed by atoms with Crippen molar-refractivity contribution in [2.75, 3.05) is 5.32 Å². The van der Waals surface area contributed by atoms with Crippen LogP contribution < -0.4 is 5.32 Å². The molecule has 1 rings (SSSR count). The molecular formula is C12H12N2O4. The molecule has 0 aliphatic carbocycles. The summed E-state index contributed by atoms with van der Waals surface area (Å²) in [7, 11) is 0. The number of hydrogen-bond acceptors (Lipinski definition) is 4. The number of nitrogens with zero attached hydrogens (tertiary/aromatic N) is 1. The van der Waals surface area contributed by atoms with Crippen LogP contribution in [0.3, 0.4) is 0 Å². The molecule has 0 aliphatic heterocycles. The van der Waals surface area contributed by atoms with Gasteiger partial charge in [0.2, 0.25) is 0 Å². The first-order valence-corrected chi connectivity index (χ1v) is 5.17. The van der Waals surface area contributed by atoms with E-state index in [9.17, 15) is 14.9 Å². The molecule has 1 aromatic rings. The Morgan fingerprint density at radius 3 is 2.83 bits per heavy atom. The lowest BCUT2D eigenvalue weighted by atomic mass is 10.1. The molecule has 0 amide bonds. The smallest absolute Gasteiger partial charge is 0.335 e. The van der Waals surface area contributed by atoms with E-state index in [1.807, 2.05) is 0 Å². The number of hydrogen-bond donors (Lipinski definition) is 2. The first kappa shape index (κ1) is 13.5. The van der Waals surface area contributed by atoms with Crippen LogP contribution in [0, 0.1) is 22.5 Å². The van der Waals surface area contributed by atoms with Crippen molar-refractivity contribution in [1.82, 2.24) is 0 Å². The molecule has 1 atom stereocenters. The van der Waals surface area contributed by atoms with E-state index in [2.05, 4.69) is 11.2 Å². The number of benzene rings is 1. The lowest BCUT2D eigenvalue weighted by Gasteiger charge is -2.12. The summed E-state index contributed by atoms with van der Waals surface area (Å²) in [5, 5.41) is 22.5. The second-order valence-corrected chi connectivity index (χ2v) is 3.75. The highest BCUT2D eigenvalue weighted by molar-refractivity contribution is 5.89. The molecule has 0 heterocycles. The Morgan fingerprint density at radius 2 is 2.33 bits per heavy atom. The quantitative estimate of drug-likeness (QED) is 0.473. The second-order valence-electron chi connectivity index (χ2n) is 3.75. The fraction of sp³-hybridized carbons (Fsp3) is 0.250. The van der Waals surface area contributed by atoms with Gasteiger partial charge >= 0.3 is 5.97 Å². The van der Waals surface area contributed by atoms with Gasteiger partial charge in [-0.3, -0.25) is 10.1 Å². The zero-order valence-electron chi connectivity index (χ0n) is 9.71. The molecule has 0 bridgehead atoms. The lowest BCUT2D eigenvalue weighted by molar-refractivity contribution is -0.384. The van der Waals surface area contributed by atoms with Crippen LogP contribution in [0.2, 0.25) is 0 Å². The van der Waals surface area contributed by atoms with E-state index >= 15 is 0 Å². The van der Waals surface area contributed by atoms with Crippen molar-refractivity contribution in [2.45, 2.75) is 19.4 Å². The van der Waals surface area contributed by atoms with Crippen LogP contribution in [0.15, 0.2) is 18.2 Å². The van der Waals surface area contributed by atoms with Gasteiger partial charge in [-0.05, 0) is 19.1 Å². The highest BCUT2D eigenvalue weighted by Crippen LogP contribution is 2.26. The molecule has 18 heavy (non-hydrogen) atoms. The van der Waals surface area contributed by atoms with Crippen LogP contribution in [-0.4, -0.2) is 22.0 Å². The van der Waals surface area contributed by atoms with Crippen molar-refractivity contribution in [3.8, 4) is 12.3 Å². The summed E-state index contributed by atoms with van der Waals surface area (Å²) in [4.78, 5) is 21.0. The van der Waals surface area contributed by atoms with Gasteiger partial charge in [-0.15, -0.1) is 12.3 Å². The topological polar surface area (TPSA) is 92.5 Å². The van der Waals surface area contributed by atoms with Gasteiger partial charge in [-0.25, -0.2) is 4.79 Å². The van der Waals surface area contributed by atoms with Crippen LogP contribution in [0.1, 0.15) is 23.7 Å². The van der Waals surface area contributed by atoms with Gasteiger partial charge in [0.15, 0.2) is 0 Å². The molecule has 6 nitrogen and oxygen atoms in total. The van der Waals surface area contributed by atoms with Crippen molar-refractivity contribution in [3.63, 3.8) is 0 Å². The fourth-order valence-electron chi connectivity index (χ4n) is 1.43. The highest BCUT2D eigenvalue weighted by Gasteiger charge is 2.18. The van der Waals surface area contributed by atoms with Crippen LogP contribution in [0.4, 0.5) is 11.4 Å². The van der Waals surface area contributed by atoms with Gasteiger partial charge in [0, 0.05) is 18.5 Å². The minimum Gasteiger partial charge on any atom is -0.478 e. The third kappa shape index (κ3) is 3.22. The SMILES string of the molecule is C#CCC(C)Nc1ccc(C(=O)O)cc1[N+](=O)[O-]. The Morgan fingerprint density at radius 1 is 1.67 bits per heavy atom. The Balaban J connectivity index is 3.08. The molecule has 0 radical (unpaired) electrons. The summed E-state index contributed by atoms with van der Waals surface area (Å²) in [5.41, 5.74) is -0.150. The summed E-state index contributed by atoms with van der Waals surface area (Å²) in [6.45, 7) is 1.79. The summed E-state index contributed by atoms with van der Waals surface area (Å²) in [6.07, 6.45) is 5.56. The molecule has 1 unspecified atom stereocenters. The Labute approximate surface area is 104 Å². The first-order chi connectivity index (χ1) is 8.45. The maximum absolute atomic E-state index is 10.9. The predicted octanol–water partition coefficient (Wildman–Crippen LogP) is 2.12. The van der Waals surface area contributed by atoms with Crippen molar-refractivity contribution in [2.24, 2.45) is 0 Å². The van der Waals surface area contributed by atoms with Gasteiger partial charge in [0.1, 0.15) is 5.69 Å². The van der Waals surface area contributed by atoms with Gasteiger partial charge in [0.25, 0.3) is 5.69 Å². The van der Waals surface area contributed by atoms with E-state index < -0.39 is 10.9 Å². The van der Waals surface area contributed by atoms with Crippen molar-refractivity contribution >= 4 is 17.3 Å². The fourth-order valence-corrected chi connectivity index (χ4v) is 1.43. The summed E-state index contributed by atoms with van der Waals surface area (Å²) < 4.78 is 0. The number of anilines is 1. The molecule has 0 saturated carbocycles. The van der Waals surface area contributed by atoms with E-state index in [1.165, 1.54) is 12.1 Å². The molecular weight excluding hydrogens is 236 g/mol. The molecule has 6 heteroatoms. The minimum absolute atomic E-state index is 0.128. The van der Waals surface area contributed by atoms with Gasteiger partial charge in [-0.1, -0.05) is 0 Å². The van der Waals surface area contributed by atoms with E-state index in [0.29, 0.717) is 6.42 Å². The Bertz CT molecular complexity index is 519. The third-order valence-electron chi connectivity index (χ3n) is 2.27. The number of carbonyl (C=O) groups is 1. The average Bonchev–Trinajstić information content (AvgIpc) is 2.29. The van der Waals surface area contributed by atoms with Gasteiger partial charge in [0.05, 0.1) is 10.5 Å². The predicted molar refractivity (Wildman–Crippen MR) is 66.6 cm³/mol. The van der Waals surface area contributed by atoms with Gasteiger partial charge < -0.3 is 10.4 Å². The van der Waals surface area contributed by atoms with E-state index in [1.54, 1.807) is 6.92 Å². The number of nitrogens with one attached hydrogen (secondary N) is 1. The third-order valence-corrected chi connectivity index (χ3v) is 2.27. The normalized spacial score (nSPS) is 11.3. The van der Waals surface area contributed by atoms with Crippen molar-refractivity contribution in [1.29, 1.82) is 0 Å². The number of rotatable bonds is 5. The number of aromatic carboxylic acids is 1. The molecule has 0 aliphatic rings. The molecule has 1 aromatic carbocycles. The number of carboxylic acid groups (broad SMARTS) is 1. The molecule has 2 N–H and O–H groups in total. The molecule has 0 saturated heterocycles. The number of nitro groups is 1. The van der Waals surface area contributed by atoms with Crippen LogP contribution in [0.5, 0.6) is 0 Å². The number of nitro benzene ring substituents is 1. The van der Waals surface area contributed by atoms with Crippen LogP contribution in [0.25, 0.3) is 0 Å². The average molecular weight is 248 g/mol. The van der Waals surface area contributed by atoms with Crippen LogP contribution >= 0.6 is 0 Å².